The van der Waals surface area contributed by atoms with Gasteiger partial charge in [0.15, 0.2) is 0 Å². The number of aldehydes is 1. The number of hydrogen-bond acceptors (Lipinski definition) is 5. The Morgan fingerprint density at radius 2 is 0.662 bits per heavy atom. The van der Waals surface area contributed by atoms with E-state index in [2.05, 4.69) is 43.6 Å². The molecule has 0 saturated heterocycles. The lowest BCUT2D eigenvalue weighted by Gasteiger charge is -2.15. The summed E-state index contributed by atoms with van der Waals surface area (Å²) in [6, 6.07) is -0.619. The van der Waals surface area contributed by atoms with Crippen molar-refractivity contribution in [3.63, 3.8) is 0 Å². The van der Waals surface area contributed by atoms with Crippen LogP contribution in [-0.2, 0) is 19.2 Å². The molecule has 1 atom stereocenters. The first-order valence-electron chi connectivity index (χ1n) is 31.8. The van der Waals surface area contributed by atoms with Crippen LogP contribution in [0.15, 0.2) is 0 Å². The minimum Gasteiger partial charge on any atom is -0.368 e. The van der Waals surface area contributed by atoms with Crippen molar-refractivity contribution in [2.24, 2.45) is 5.73 Å². The van der Waals surface area contributed by atoms with Crippen molar-refractivity contribution in [1.29, 1.82) is 0 Å². The molecule has 5 N–H and O–H groups in total. The van der Waals surface area contributed by atoms with Gasteiger partial charge in [0.05, 0.1) is 0 Å². The van der Waals surface area contributed by atoms with E-state index in [0.29, 0.717) is 25.8 Å². The van der Waals surface area contributed by atoms with Crippen molar-refractivity contribution >= 4 is 24.0 Å². The minimum atomic E-state index is -0.619. The van der Waals surface area contributed by atoms with Crippen LogP contribution in [0.3, 0.4) is 0 Å². The van der Waals surface area contributed by atoms with Crippen molar-refractivity contribution in [3.05, 3.63) is 0 Å². The van der Waals surface area contributed by atoms with Crippen LogP contribution in [-0.4, -0.2) is 50.2 Å². The molecule has 0 aromatic rings. The predicted octanol–water partition coefficient (Wildman–Crippen LogP) is 18.7. The lowest BCUT2D eigenvalue weighted by atomic mass is 10.0. The van der Waals surface area contributed by atoms with E-state index in [1.165, 1.54) is 251 Å². The quantitative estimate of drug-likeness (QED) is 0.0356. The summed E-state index contributed by atoms with van der Waals surface area (Å²) in [5.41, 5.74) is 5.54. The molecule has 0 aromatic heterocycles. The number of amides is 3. The highest BCUT2D eigenvalue weighted by molar-refractivity contribution is 5.86. The first kappa shape index (κ1) is 75.6. The molecule has 0 bridgehead atoms. The molecule has 0 heterocycles. The third kappa shape index (κ3) is 74.7. The highest BCUT2D eigenvalue weighted by atomic mass is 16.2. The van der Waals surface area contributed by atoms with E-state index in [1.807, 2.05) is 20.9 Å². The molecule has 0 aliphatic heterocycles. The van der Waals surface area contributed by atoms with Crippen molar-refractivity contribution in [2.75, 3.05) is 20.1 Å². The third-order valence-electron chi connectivity index (χ3n) is 13.6. The second kappa shape index (κ2) is 72.3. The number of nitrogens with one attached hydrogen (secondary N) is 3. The van der Waals surface area contributed by atoms with Crippen LogP contribution in [0.25, 0.3) is 0 Å². The van der Waals surface area contributed by atoms with Gasteiger partial charge in [-0.25, -0.2) is 0 Å². The highest BCUT2D eigenvalue weighted by Gasteiger charge is 2.17. The number of hydrogen-bond donors (Lipinski definition) is 4. The summed E-state index contributed by atoms with van der Waals surface area (Å²) in [4.78, 5) is 46.4. The number of carbonyl (C=O) groups is 4. The molecule has 0 radical (unpaired) electrons. The van der Waals surface area contributed by atoms with Gasteiger partial charge in [0, 0.05) is 25.8 Å². The van der Waals surface area contributed by atoms with Gasteiger partial charge in [-0.2, -0.15) is 0 Å². The fraction of sp³-hybridized carbons (Fsp3) is 0.937. The summed E-state index contributed by atoms with van der Waals surface area (Å²) in [5.74, 6) is -0.441. The van der Waals surface area contributed by atoms with Crippen LogP contribution in [0.5, 0.6) is 0 Å². The maximum absolute atomic E-state index is 12.3. The number of primary amides is 1. The summed E-state index contributed by atoms with van der Waals surface area (Å²) in [5, 5.41) is 8.95. The second-order valence-corrected chi connectivity index (χ2v) is 20.7. The Kier molecular flexibility index (Phi) is 76.9. The Morgan fingerprint density at radius 3 is 0.972 bits per heavy atom. The minimum absolute atomic E-state index is 0.0806. The van der Waals surface area contributed by atoms with E-state index >= 15 is 0 Å². The molecule has 0 rings (SSSR count). The van der Waals surface area contributed by atoms with E-state index in [-0.39, 0.29) is 11.8 Å². The maximum Gasteiger partial charge on any atom is 0.239 e. The van der Waals surface area contributed by atoms with Crippen LogP contribution < -0.4 is 21.7 Å². The van der Waals surface area contributed by atoms with Crippen molar-refractivity contribution in [1.82, 2.24) is 16.0 Å². The van der Waals surface area contributed by atoms with E-state index in [9.17, 15) is 19.2 Å². The smallest absolute Gasteiger partial charge is 0.239 e. The van der Waals surface area contributed by atoms with Gasteiger partial charge in [-0.3, -0.25) is 14.4 Å². The van der Waals surface area contributed by atoms with Crippen molar-refractivity contribution < 1.29 is 19.2 Å². The Labute approximate surface area is 445 Å². The zero-order chi connectivity index (χ0) is 53.2. The van der Waals surface area contributed by atoms with Crippen LogP contribution >= 0.6 is 0 Å². The van der Waals surface area contributed by atoms with Gasteiger partial charge in [-0.05, 0) is 58.5 Å². The van der Waals surface area contributed by atoms with Crippen LogP contribution in [0, 0.1) is 0 Å². The summed E-state index contributed by atoms with van der Waals surface area (Å²) in [6.07, 6.45) is 61.7. The standard InChI is InChI=1S/C38H75N3O3.C16H32O.C7H17N.C2H6/c1-3-5-7-9-11-13-15-17-19-21-23-25-27-32-36(42)40-34-30-29-31-35(38(39)44)41-37(43)33-28-26-24-22-20-18-16-14-12-10-8-6-4-2;1-2-3-4-5-6-7-8-9-10-11-12-13-14-15-16-17;1-3-4-5-6-7-8-2;1-2/h35H,3-34H2,1-2H3,(H2,39,44)(H,40,42)(H,41,43);16H,2-15H2,1H3;8H,3-7H2,1-2H3;1-2H3. The van der Waals surface area contributed by atoms with E-state index in [1.54, 1.807) is 0 Å². The van der Waals surface area contributed by atoms with Crippen molar-refractivity contribution in [2.45, 2.75) is 362 Å². The Morgan fingerprint density at radius 1 is 0.380 bits per heavy atom. The normalized spacial score (nSPS) is 11.1. The first-order chi connectivity index (χ1) is 34.8. The molecule has 71 heavy (non-hydrogen) atoms. The molecule has 0 aliphatic carbocycles. The summed E-state index contributed by atoms with van der Waals surface area (Å²) < 4.78 is 0. The van der Waals surface area contributed by atoms with Gasteiger partial charge in [-0.15, -0.1) is 0 Å². The molecule has 0 saturated carbocycles. The van der Waals surface area contributed by atoms with Crippen LogP contribution in [0.1, 0.15) is 356 Å². The van der Waals surface area contributed by atoms with Gasteiger partial charge in [0.2, 0.25) is 17.7 Å². The fourth-order valence-electron chi connectivity index (χ4n) is 8.92. The van der Waals surface area contributed by atoms with Gasteiger partial charge in [-0.1, -0.05) is 292 Å². The zero-order valence-electron chi connectivity index (χ0n) is 49.4. The van der Waals surface area contributed by atoms with E-state index in [0.717, 1.165) is 57.7 Å². The largest absolute Gasteiger partial charge is 0.368 e. The summed E-state index contributed by atoms with van der Waals surface area (Å²) in [7, 11) is 2.01. The third-order valence-corrected chi connectivity index (χ3v) is 13.6. The predicted molar refractivity (Wildman–Crippen MR) is 314 cm³/mol. The van der Waals surface area contributed by atoms with Gasteiger partial charge in [0.1, 0.15) is 12.3 Å². The molecule has 0 fully saturated rings. The zero-order valence-corrected chi connectivity index (χ0v) is 49.4. The van der Waals surface area contributed by atoms with Crippen LogP contribution in [0.4, 0.5) is 0 Å². The van der Waals surface area contributed by atoms with Crippen molar-refractivity contribution in [3.8, 4) is 0 Å². The lowest BCUT2D eigenvalue weighted by molar-refractivity contribution is -0.127. The molecule has 8 heteroatoms. The molecule has 0 aromatic carbocycles. The van der Waals surface area contributed by atoms with Gasteiger partial charge >= 0.3 is 0 Å². The summed E-state index contributed by atoms with van der Waals surface area (Å²) in [6.45, 7) is 14.8. The Hall–Kier alpha value is -1.96. The first-order valence-corrected chi connectivity index (χ1v) is 31.8. The number of nitrogens with two attached hydrogens (primary N) is 1. The molecule has 0 spiro atoms. The van der Waals surface area contributed by atoms with E-state index < -0.39 is 11.9 Å². The molecule has 1 unspecified atom stereocenters. The molecule has 3 amide bonds. The maximum atomic E-state index is 12.3. The topological polar surface area (TPSA) is 130 Å². The summed E-state index contributed by atoms with van der Waals surface area (Å²) >= 11 is 0. The molecule has 426 valence electrons. The molecule has 8 nitrogen and oxygen atoms in total. The molecule has 0 aliphatic rings. The highest BCUT2D eigenvalue weighted by Crippen LogP contribution is 2.16. The fourth-order valence-corrected chi connectivity index (χ4v) is 8.92. The monoisotopic (exact) mass is 1010 g/mol. The number of unbranched alkanes of at least 4 members (excludes halogenated alkanes) is 41. The van der Waals surface area contributed by atoms with Gasteiger partial charge < -0.3 is 26.5 Å². The van der Waals surface area contributed by atoms with Gasteiger partial charge in [0.25, 0.3) is 0 Å². The second-order valence-electron chi connectivity index (χ2n) is 20.7. The number of rotatable bonds is 54. The SMILES string of the molecule is CC.CCCCCCCCCCCCCCCC(=O)NCCCCC(NC(=O)CCCCCCCCCCCCCCC)C(N)=O.CCCCCCCCCCCCCCCC=O.CCCCCCNC. The average Bonchev–Trinajstić information content (AvgIpc) is 3.37. The lowest BCUT2D eigenvalue weighted by Crippen LogP contribution is -2.44. The average molecular weight is 1010 g/mol. The molecular weight excluding hydrogens is 877 g/mol. The Balaban J connectivity index is -0.000000675. The number of carbonyl (C=O) groups excluding carboxylic acids is 4. The molecular formula is C63H130N4O4. The van der Waals surface area contributed by atoms with Crippen LogP contribution in [0.2, 0.25) is 0 Å². The Bertz CT molecular complexity index is 1000. The van der Waals surface area contributed by atoms with E-state index in [4.69, 9.17) is 5.73 Å².